The van der Waals surface area contributed by atoms with Gasteiger partial charge >= 0.3 is 0 Å². The van der Waals surface area contributed by atoms with E-state index in [0.29, 0.717) is 0 Å². The third-order valence-electron chi connectivity index (χ3n) is 15.4. The Morgan fingerprint density at radius 1 is 0.267 bits per heavy atom. The quantitative estimate of drug-likeness (QED) is 0.133. The second kappa shape index (κ2) is 18.4. The lowest BCUT2D eigenvalue weighted by atomic mass is 9.68. The molecule has 0 atom stereocenters. The van der Waals surface area contributed by atoms with E-state index >= 15 is 0 Å². The fourth-order valence-corrected chi connectivity index (χ4v) is 12.2. The first-order valence-corrected chi connectivity index (χ1v) is 25.9. The first-order valence-electron chi connectivity index (χ1n) is 25.9. The van der Waals surface area contributed by atoms with E-state index in [9.17, 15) is 0 Å². The molecule has 0 unspecified atom stereocenters. The fourth-order valence-electron chi connectivity index (χ4n) is 12.2. The Bertz CT molecular complexity index is 4120. The maximum absolute atomic E-state index is 2.53. The summed E-state index contributed by atoms with van der Waals surface area (Å²) in [6.45, 7) is 0. The molecule has 0 radical (unpaired) electrons. The van der Waals surface area contributed by atoms with Gasteiger partial charge in [-0.15, -0.1) is 0 Å². The summed E-state index contributed by atoms with van der Waals surface area (Å²) < 4.78 is 2.53. The van der Waals surface area contributed by atoms with Crippen molar-refractivity contribution in [2.24, 2.45) is 0 Å². The molecule has 2 heteroatoms. The van der Waals surface area contributed by atoms with Crippen molar-refractivity contribution in [1.29, 1.82) is 0 Å². The molecule has 0 saturated carbocycles. The van der Waals surface area contributed by atoms with Crippen molar-refractivity contribution in [2.75, 3.05) is 4.90 Å². The predicted molar refractivity (Wildman–Crippen MR) is 315 cm³/mol. The SMILES string of the molecule is c1ccc(-c2cc(-c3ccccc3)cc(N(c3ccccc3)c3cccc(-c4ccccc4-c4ccc5c6ccccc6n(-c6cccc7c6-c6ccccc6C7(c6ccccc6)c6ccccc6)c5c4)c3)c2)cc1. The zero-order valence-electron chi connectivity index (χ0n) is 41.3. The molecule has 0 bridgehead atoms. The number of para-hydroxylation sites is 2. The normalized spacial score (nSPS) is 12.4. The number of benzene rings is 12. The smallest absolute Gasteiger partial charge is 0.0714 e. The van der Waals surface area contributed by atoms with Gasteiger partial charge in [0.25, 0.3) is 0 Å². The van der Waals surface area contributed by atoms with Crippen LogP contribution in [-0.2, 0) is 5.41 Å². The van der Waals surface area contributed by atoms with Gasteiger partial charge in [-0.3, -0.25) is 0 Å². The molecular formula is C73H50N2. The molecule has 352 valence electrons. The van der Waals surface area contributed by atoms with Gasteiger partial charge in [0.15, 0.2) is 0 Å². The van der Waals surface area contributed by atoms with Crippen LogP contribution in [0.1, 0.15) is 22.3 Å². The highest BCUT2D eigenvalue weighted by Gasteiger charge is 2.47. The van der Waals surface area contributed by atoms with E-state index in [1.807, 2.05) is 0 Å². The Balaban J connectivity index is 0.940. The minimum atomic E-state index is -0.507. The summed E-state index contributed by atoms with van der Waals surface area (Å²) in [7, 11) is 0. The molecule has 0 spiro atoms. The van der Waals surface area contributed by atoms with E-state index in [1.165, 1.54) is 94.3 Å². The van der Waals surface area contributed by atoms with E-state index in [-0.39, 0.29) is 0 Å². The van der Waals surface area contributed by atoms with Gasteiger partial charge in [0.2, 0.25) is 0 Å². The zero-order chi connectivity index (χ0) is 49.7. The van der Waals surface area contributed by atoms with E-state index in [0.717, 1.165) is 28.2 Å². The molecule has 0 saturated heterocycles. The first-order chi connectivity index (χ1) is 37.2. The van der Waals surface area contributed by atoms with Crippen LogP contribution in [-0.4, -0.2) is 4.57 Å². The lowest BCUT2D eigenvalue weighted by Gasteiger charge is -2.34. The Labute approximate surface area is 438 Å². The van der Waals surface area contributed by atoms with Crippen LogP contribution >= 0.6 is 0 Å². The van der Waals surface area contributed by atoms with Crippen molar-refractivity contribution in [1.82, 2.24) is 4.57 Å². The molecule has 0 amide bonds. The molecule has 1 heterocycles. The highest BCUT2D eigenvalue weighted by atomic mass is 15.1. The number of nitrogens with zero attached hydrogens (tertiary/aromatic N) is 2. The summed E-state index contributed by atoms with van der Waals surface area (Å²) in [5, 5.41) is 2.45. The van der Waals surface area contributed by atoms with Gasteiger partial charge in [0.1, 0.15) is 0 Å². The van der Waals surface area contributed by atoms with Gasteiger partial charge in [0, 0.05) is 33.4 Å². The molecule has 0 fully saturated rings. The maximum Gasteiger partial charge on any atom is 0.0714 e. The highest BCUT2D eigenvalue weighted by Crippen LogP contribution is 2.58. The van der Waals surface area contributed by atoms with Crippen LogP contribution in [0.2, 0.25) is 0 Å². The van der Waals surface area contributed by atoms with Crippen LogP contribution in [0.4, 0.5) is 17.1 Å². The molecule has 1 aliphatic carbocycles. The van der Waals surface area contributed by atoms with Crippen molar-refractivity contribution in [3.63, 3.8) is 0 Å². The minimum Gasteiger partial charge on any atom is -0.310 e. The lowest BCUT2D eigenvalue weighted by Crippen LogP contribution is -2.28. The number of rotatable bonds is 10. The summed E-state index contributed by atoms with van der Waals surface area (Å²) in [5.41, 5.74) is 23.2. The zero-order valence-corrected chi connectivity index (χ0v) is 41.3. The molecule has 12 aromatic carbocycles. The molecule has 1 aliphatic rings. The second-order valence-electron chi connectivity index (χ2n) is 19.6. The van der Waals surface area contributed by atoms with Crippen LogP contribution in [0.3, 0.4) is 0 Å². The Kier molecular flexibility index (Phi) is 10.8. The Morgan fingerprint density at radius 3 is 1.39 bits per heavy atom. The van der Waals surface area contributed by atoms with Crippen LogP contribution < -0.4 is 4.90 Å². The molecule has 0 aliphatic heterocycles. The van der Waals surface area contributed by atoms with Crippen molar-refractivity contribution >= 4 is 38.9 Å². The standard InChI is InChI=1S/C73H50N2/c1-6-24-51(25-7-1)55-46-56(52-26-8-2-9-27-52)49-61(48-55)74(59-33-14-5-15-34-59)60-35-22-28-53(47-60)62-36-16-17-37-63(62)54-44-45-65-64-38-19-21-42-69(64)75(71(65)50-54)70-43-23-41-68-72(70)66-39-18-20-40-67(66)73(68,57-29-10-3-11-30-57)58-31-12-4-13-32-58/h1-50H. The minimum absolute atomic E-state index is 0.507. The summed E-state index contributed by atoms with van der Waals surface area (Å²) in [4.78, 5) is 2.40. The van der Waals surface area contributed by atoms with Crippen LogP contribution in [0, 0.1) is 0 Å². The van der Waals surface area contributed by atoms with Gasteiger partial charge in [-0.05, 0) is 133 Å². The highest BCUT2D eigenvalue weighted by molar-refractivity contribution is 6.11. The van der Waals surface area contributed by atoms with Gasteiger partial charge in [-0.25, -0.2) is 0 Å². The summed E-state index contributed by atoms with van der Waals surface area (Å²) in [6.07, 6.45) is 0. The second-order valence-corrected chi connectivity index (χ2v) is 19.6. The maximum atomic E-state index is 2.53. The average molecular weight is 955 g/mol. The van der Waals surface area contributed by atoms with Gasteiger partial charge in [-0.1, -0.05) is 243 Å². The van der Waals surface area contributed by atoms with Crippen LogP contribution in [0.15, 0.2) is 303 Å². The first kappa shape index (κ1) is 44.0. The monoisotopic (exact) mass is 954 g/mol. The van der Waals surface area contributed by atoms with Crippen molar-refractivity contribution in [2.45, 2.75) is 5.41 Å². The fraction of sp³-hybridized carbons (Fsp3) is 0.0137. The molecule has 14 rings (SSSR count). The van der Waals surface area contributed by atoms with Crippen LogP contribution in [0.25, 0.3) is 83.1 Å². The van der Waals surface area contributed by atoms with Crippen molar-refractivity contribution in [3.8, 4) is 61.3 Å². The molecule has 0 N–H and O–H groups in total. The van der Waals surface area contributed by atoms with Gasteiger partial charge < -0.3 is 9.47 Å². The van der Waals surface area contributed by atoms with E-state index in [4.69, 9.17) is 0 Å². The molecule has 75 heavy (non-hydrogen) atoms. The summed E-state index contributed by atoms with van der Waals surface area (Å²) in [5.74, 6) is 0. The Morgan fingerprint density at radius 2 is 0.733 bits per heavy atom. The summed E-state index contributed by atoms with van der Waals surface area (Å²) >= 11 is 0. The van der Waals surface area contributed by atoms with Crippen molar-refractivity contribution < 1.29 is 0 Å². The van der Waals surface area contributed by atoms with Crippen molar-refractivity contribution in [3.05, 3.63) is 326 Å². The molecule has 1 aromatic heterocycles. The third kappa shape index (κ3) is 7.33. The number of hydrogen-bond acceptors (Lipinski definition) is 1. The number of anilines is 3. The van der Waals surface area contributed by atoms with Gasteiger partial charge in [-0.2, -0.15) is 0 Å². The Hall–Kier alpha value is -9.76. The lowest BCUT2D eigenvalue weighted by molar-refractivity contribution is 0.768. The molecule has 2 nitrogen and oxygen atoms in total. The van der Waals surface area contributed by atoms with Gasteiger partial charge in [0.05, 0.1) is 22.1 Å². The number of aromatic nitrogens is 1. The van der Waals surface area contributed by atoms with E-state index < -0.39 is 5.41 Å². The third-order valence-corrected chi connectivity index (χ3v) is 15.4. The number of hydrogen-bond donors (Lipinski definition) is 0. The van der Waals surface area contributed by atoms with E-state index in [2.05, 4.69) is 313 Å². The molecular weight excluding hydrogens is 905 g/mol. The average Bonchev–Trinajstić information content (AvgIpc) is 4.06. The summed E-state index contributed by atoms with van der Waals surface area (Å²) in [6, 6.07) is 111. The topological polar surface area (TPSA) is 8.17 Å². The largest absolute Gasteiger partial charge is 0.310 e. The number of fused-ring (bicyclic) bond motifs is 6. The van der Waals surface area contributed by atoms with Crippen LogP contribution in [0.5, 0.6) is 0 Å². The molecule has 13 aromatic rings. The predicted octanol–water partition coefficient (Wildman–Crippen LogP) is 19.3. The van der Waals surface area contributed by atoms with E-state index in [1.54, 1.807) is 0 Å².